The van der Waals surface area contributed by atoms with E-state index in [2.05, 4.69) is 23.5 Å². The van der Waals surface area contributed by atoms with E-state index in [0.29, 0.717) is 30.3 Å². The Kier molecular flexibility index (Phi) is 7.25. The zero-order valence-corrected chi connectivity index (χ0v) is 17.5. The molecule has 6 nitrogen and oxygen atoms in total. The number of rotatable bonds is 6. The number of hydrogen-bond acceptors (Lipinski definition) is 4. The first-order valence-electron chi connectivity index (χ1n) is 10.2. The number of urea groups is 1. The molecule has 0 radical (unpaired) electrons. The second-order valence-electron chi connectivity index (χ2n) is 7.68. The lowest BCUT2D eigenvalue weighted by atomic mass is 9.91. The van der Waals surface area contributed by atoms with Crippen LogP contribution in [0.5, 0.6) is 5.75 Å². The van der Waals surface area contributed by atoms with E-state index in [1.54, 1.807) is 17.9 Å². The maximum absolute atomic E-state index is 12.5. The number of carbonyl (C=O) groups excluding carboxylic acids is 1. The third kappa shape index (κ3) is 6.77. The normalized spacial score (nSPS) is 18.3. The summed E-state index contributed by atoms with van der Waals surface area (Å²) in [6.07, 6.45) is -0.816. The number of ether oxygens (including phenoxy) is 1. The van der Waals surface area contributed by atoms with Crippen molar-refractivity contribution >= 4 is 17.8 Å². The Morgan fingerprint density at radius 2 is 2.23 bits per heavy atom. The number of hydrogen-bond donors (Lipinski definition) is 1. The van der Waals surface area contributed by atoms with Crippen LogP contribution < -0.4 is 10.1 Å². The van der Waals surface area contributed by atoms with Crippen LogP contribution in [0.25, 0.3) is 6.08 Å². The molecule has 168 valence electrons. The Morgan fingerprint density at radius 3 is 2.90 bits per heavy atom. The number of nitrogens with one attached hydrogen (secondary N) is 1. The Morgan fingerprint density at radius 1 is 1.42 bits per heavy atom. The van der Waals surface area contributed by atoms with Crippen molar-refractivity contribution in [1.29, 1.82) is 0 Å². The van der Waals surface area contributed by atoms with Crippen LogP contribution in [-0.2, 0) is 0 Å². The van der Waals surface area contributed by atoms with Crippen molar-refractivity contribution in [2.75, 3.05) is 25.0 Å². The van der Waals surface area contributed by atoms with Crippen LogP contribution in [-0.4, -0.2) is 42.0 Å². The lowest BCUT2D eigenvalue weighted by Crippen LogP contribution is -2.42. The highest BCUT2D eigenvalue weighted by Gasteiger charge is 2.26. The molecule has 1 unspecified atom stereocenters. The number of aromatic nitrogens is 1. The molecule has 2 aromatic rings. The summed E-state index contributed by atoms with van der Waals surface area (Å²) in [6.45, 7) is 4.98. The zero-order valence-electron chi connectivity index (χ0n) is 17.5. The third-order valence-corrected chi connectivity index (χ3v) is 5.16. The highest BCUT2D eigenvalue weighted by Crippen LogP contribution is 2.27. The van der Waals surface area contributed by atoms with Crippen LogP contribution in [0.3, 0.4) is 0 Å². The van der Waals surface area contributed by atoms with Gasteiger partial charge in [-0.2, -0.15) is 13.2 Å². The Labute approximate surface area is 179 Å². The van der Waals surface area contributed by atoms with Crippen LogP contribution in [0.4, 0.5) is 23.7 Å². The van der Waals surface area contributed by atoms with Gasteiger partial charge in [-0.05, 0) is 43.4 Å². The number of aryl methyl sites for hydroxylation is 1. The first kappa shape index (κ1) is 22.7. The van der Waals surface area contributed by atoms with E-state index in [1.807, 2.05) is 18.2 Å². The number of piperidine rings is 1. The number of halogens is 3. The standard InChI is InChI=1S/C22H26F3N3O3/c1-15-14-28(21(29)27-20-13-26-31-16(20)2)9-7-18(15)11-17-5-3-6-19(12-17)30-10-4-8-22(23,24)25/h3,5-6,11-13,15H,4,7-10,14H2,1-2H3,(H,27,29)/b18-11+. The average Bonchev–Trinajstić information content (AvgIpc) is 3.11. The minimum atomic E-state index is -4.16. The summed E-state index contributed by atoms with van der Waals surface area (Å²) < 4.78 is 47.1. The highest BCUT2D eigenvalue weighted by molar-refractivity contribution is 5.89. The summed E-state index contributed by atoms with van der Waals surface area (Å²) >= 11 is 0. The molecule has 3 rings (SSSR count). The van der Waals surface area contributed by atoms with Crippen molar-refractivity contribution in [1.82, 2.24) is 10.1 Å². The van der Waals surface area contributed by atoms with Crippen LogP contribution in [0.15, 0.2) is 40.6 Å². The fourth-order valence-electron chi connectivity index (χ4n) is 3.43. The molecule has 1 fully saturated rings. The number of amides is 2. The van der Waals surface area contributed by atoms with Gasteiger partial charge in [-0.15, -0.1) is 0 Å². The molecule has 1 aliphatic rings. The highest BCUT2D eigenvalue weighted by atomic mass is 19.4. The maximum Gasteiger partial charge on any atom is 0.389 e. The summed E-state index contributed by atoms with van der Waals surface area (Å²) in [6, 6.07) is 7.11. The third-order valence-electron chi connectivity index (χ3n) is 5.16. The van der Waals surface area contributed by atoms with Gasteiger partial charge in [0, 0.05) is 19.5 Å². The molecule has 1 aromatic carbocycles. The van der Waals surface area contributed by atoms with Crippen molar-refractivity contribution in [3.8, 4) is 5.75 Å². The van der Waals surface area contributed by atoms with E-state index in [0.717, 1.165) is 12.0 Å². The molecule has 2 heterocycles. The molecule has 0 spiro atoms. The Balaban J connectivity index is 1.54. The quantitative estimate of drug-likeness (QED) is 0.592. The summed E-state index contributed by atoms with van der Waals surface area (Å²) in [5.41, 5.74) is 2.69. The topological polar surface area (TPSA) is 67.6 Å². The van der Waals surface area contributed by atoms with Gasteiger partial charge in [-0.25, -0.2) is 4.79 Å². The predicted octanol–water partition coefficient (Wildman–Crippen LogP) is 5.66. The minimum absolute atomic E-state index is 0.0195. The number of alkyl halides is 3. The van der Waals surface area contributed by atoms with Gasteiger partial charge in [-0.3, -0.25) is 0 Å². The molecule has 31 heavy (non-hydrogen) atoms. The number of anilines is 1. The summed E-state index contributed by atoms with van der Waals surface area (Å²) in [4.78, 5) is 14.3. The first-order valence-corrected chi connectivity index (χ1v) is 10.2. The summed E-state index contributed by atoms with van der Waals surface area (Å²) in [5, 5.41) is 6.47. The average molecular weight is 437 g/mol. The monoisotopic (exact) mass is 437 g/mol. The number of benzene rings is 1. The van der Waals surface area contributed by atoms with Gasteiger partial charge < -0.3 is 19.5 Å². The van der Waals surface area contributed by atoms with Gasteiger partial charge in [0.1, 0.15) is 11.4 Å². The molecule has 1 atom stereocenters. The first-order chi connectivity index (χ1) is 14.7. The Bertz CT molecular complexity index is 924. The van der Waals surface area contributed by atoms with Crippen molar-refractivity contribution in [2.45, 2.75) is 39.3 Å². The summed E-state index contributed by atoms with van der Waals surface area (Å²) in [7, 11) is 0. The van der Waals surface area contributed by atoms with E-state index in [4.69, 9.17) is 9.26 Å². The van der Waals surface area contributed by atoms with Gasteiger partial charge >= 0.3 is 12.2 Å². The van der Waals surface area contributed by atoms with Crippen molar-refractivity contribution < 1.29 is 27.2 Å². The van der Waals surface area contributed by atoms with E-state index >= 15 is 0 Å². The molecular formula is C22H26F3N3O3. The zero-order chi connectivity index (χ0) is 22.4. The molecule has 1 aliphatic heterocycles. The summed E-state index contributed by atoms with van der Waals surface area (Å²) in [5.74, 6) is 1.27. The van der Waals surface area contributed by atoms with Crippen LogP contribution in [0.1, 0.15) is 37.5 Å². The molecule has 0 saturated carbocycles. The minimum Gasteiger partial charge on any atom is -0.494 e. The van der Waals surface area contributed by atoms with Crippen molar-refractivity contribution in [3.05, 3.63) is 47.4 Å². The molecule has 1 saturated heterocycles. The van der Waals surface area contributed by atoms with Gasteiger partial charge in [0.05, 0.1) is 12.8 Å². The van der Waals surface area contributed by atoms with Crippen LogP contribution >= 0.6 is 0 Å². The maximum atomic E-state index is 12.5. The lowest BCUT2D eigenvalue weighted by Gasteiger charge is -2.33. The Hall–Kier alpha value is -2.97. The predicted molar refractivity (Wildman–Crippen MR) is 111 cm³/mol. The largest absolute Gasteiger partial charge is 0.494 e. The van der Waals surface area contributed by atoms with Gasteiger partial charge in [0.25, 0.3) is 0 Å². The van der Waals surface area contributed by atoms with E-state index in [1.165, 1.54) is 11.8 Å². The van der Waals surface area contributed by atoms with Gasteiger partial charge in [0.2, 0.25) is 0 Å². The molecular weight excluding hydrogens is 411 g/mol. The molecule has 0 aliphatic carbocycles. The number of carbonyl (C=O) groups is 1. The van der Waals surface area contributed by atoms with Crippen LogP contribution in [0.2, 0.25) is 0 Å². The fourth-order valence-corrected chi connectivity index (χ4v) is 3.43. The lowest BCUT2D eigenvalue weighted by molar-refractivity contribution is -0.136. The second kappa shape index (κ2) is 9.89. The molecule has 1 aromatic heterocycles. The molecule has 0 bridgehead atoms. The SMILES string of the molecule is Cc1oncc1NC(=O)N1CC/C(=C\c2cccc(OCCCC(F)(F)F)c2)C(C)C1. The number of nitrogens with zero attached hydrogens (tertiary/aromatic N) is 2. The van der Waals surface area contributed by atoms with Gasteiger partial charge in [0.15, 0.2) is 5.76 Å². The number of likely N-dealkylation sites (tertiary alicyclic amines) is 1. The van der Waals surface area contributed by atoms with E-state index < -0.39 is 12.6 Å². The molecule has 2 amide bonds. The molecule has 9 heteroatoms. The van der Waals surface area contributed by atoms with E-state index in [9.17, 15) is 18.0 Å². The van der Waals surface area contributed by atoms with Crippen LogP contribution in [0, 0.1) is 12.8 Å². The second-order valence-corrected chi connectivity index (χ2v) is 7.68. The fraction of sp³-hybridized carbons (Fsp3) is 0.455. The smallest absolute Gasteiger partial charge is 0.389 e. The van der Waals surface area contributed by atoms with Crippen molar-refractivity contribution in [2.24, 2.45) is 5.92 Å². The van der Waals surface area contributed by atoms with E-state index in [-0.39, 0.29) is 25.0 Å². The van der Waals surface area contributed by atoms with Gasteiger partial charge in [-0.1, -0.05) is 35.9 Å². The van der Waals surface area contributed by atoms with Crippen molar-refractivity contribution in [3.63, 3.8) is 0 Å². The molecule has 1 N–H and O–H groups in total.